The summed E-state index contributed by atoms with van der Waals surface area (Å²) in [6, 6.07) is 4.90. The van der Waals surface area contributed by atoms with Crippen LogP contribution in [0, 0.1) is 0 Å². The van der Waals surface area contributed by atoms with Gasteiger partial charge in [0, 0.05) is 18.8 Å². The van der Waals surface area contributed by atoms with E-state index in [0.717, 1.165) is 6.42 Å². The number of amides is 2. The second-order valence-electron chi connectivity index (χ2n) is 4.70. The largest absolute Gasteiger partial charge is 0.399 e. The Labute approximate surface area is 122 Å². The lowest BCUT2D eigenvalue weighted by atomic mass is 10.3. The zero-order valence-corrected chi connectivity index (χ0v) is 11.7. The van der Waals surface area contributed by atoms with Crippen LogP contribution in [0.25, 0.3) is 0 Å². The van der Waals surface area contributed by atoms with Crippen molar-refractivity contribution in [3.8, 4) is 0 Å². The van der Waals surface area contributed by atoms with Crippen LogP contribution in [0.1, 0.15) is 6.42 Å². The van der Waals surface area contributed by atoms with Crippen molar-refractivity contribution in [3.63, 3.8) is 0 Å². The highest BCUT2D eigenvalue weighted by molar-refractivity contribution is 6.34. The van der Waals surface area contributed by atoms with Crippen LogP contribution in [0.5, 0.6) is 0 Å². The molecule has 1 aromatic carbocycles. The van der Waals surface area contributed by atoms with E-state index in [1.807, 2.05) is 4.90 Å². The fourth-order valence-electron chi connectivity index (χ4n) is 2.03. The highest BCUT2D eigenvalue weighted by atomic mass is 35.5. The van der Waals surface area contributed by atoms with Gasteiger partial charge in [-0.25, -0.2) is 0 Å². The standard InChI is InChI=1S/C13H17ClN4O2/c14-10-6-9(15)2-3-11(10)17-13(20)8-18-5-1-4-16-12(19)7-18/h2-3,6H,1,4-5,7-8,15H2,(H,16,19)(H,17,20). The Bertz CT molecular complexity index is 521. The molecule has 1 fully saturated rings. The average Bonchev–Trinajstić information content (AvgIpc) is 2.57. The molecule has 6 nitrogen and oxygen atoms in total. The van der Waals surface area contributed by atoms with Gasteiger partial charge in [0.05, 0.1) is 23.8 Å². The monoisotopic (exact) mass is 296 g/mol. The molecule has 0 atom stereocenters. The van der Waals surface area contributed by atoms with E-state index in [-0.39, 0.29) is 24.9 Å². The van der Waals surface area contributed by atoms with E-state index in [4.69, 9.17) is 17.3 Å². The van der Waals surface area contributed by atoms with Crippen molar-refractivity contribution < 1.29 is 9.59 Å². The van der Waals surface area contributed by atoms with Gasteiger partial charge in [-0.3, -0.25) is 14.5 Å². The minimum absolute atomic E-state index is 0.0548. The van der Waals surface area contributed by atoms with Crippen molar-refractivity contribution in [2.45, 2.75) is 6.42 Å². The third-order valence-electron chi connectivity index (χ3n) is 2.97. The molecule has 1 aromatic rings. The van der Waals surface area contributed by atoms with Gasteiger partial charge in [0.25, 0.3) is 0 Å². The topological polar surface area (TPSA) is 87.5 Å². The first-order valence-electron chi connectivity index (χ1n) is 6.38. The van der Waals surface area contributed by atoms with Gasteiger partial charge in [0.1, 0.15) is 0 Å². The second-order valence-corrected chi connectivity index (χ2v) is 5.11. The summed E-state index contributed by atoms with van der Waals surface area (Å²) in [5.74, 6) is -0.257. The van der Waals surface area contributed by atoms with Gasteiger partial charge in [-0.15, -0.1) is 0 Å². The molecule has 0 unspecified atom stereocenters. The lowest BCUT2D eigenvalue weighted by Gasteiger charge is -2.18. The molecule has 1 aliphatic heterocycles. The second kappa shape index (κ2) is 6.58. The summed E-state index contributed by atoms with van der Waals surface area (Å²) in [5, 5.41) is 5.88. The number of nitrogens with zero attached hydrogens (tertiary/aromatic N) is 1. The Morgan fingerprint density at radius 3 is 3.05 bits per heavy atom. The Morgan fingerprint density at radius 2 is 2.30 bits per heavy atom. The molecule has 2 amide bonds. The number of nitrogens with two attached hydrogens (primary N) is 1. The fourth-order valence-corrected chi connectivity index (χ4v) is 2.27. The molecule has 20 heavy (non-hydrogen) atoms. The predicted molar refractivity (Wildman–Crippen MR) is 78.6 cm³/mol. The van der Waals surface area contributed by atoms with Crippen LogP contribution >= 0.6 is 11.6 Å². The number of nitrogens with one attached hydrogen (secondary N) is 2. The molecule has 1 heterocycles. The molecule has 1 saturated heterocycles. The van der Waals surface area contributed by atoms with Crippen molar-refractivity contribution in [2.24, 2.45) is 0 Å². The molecule has 2 rings (SSSR count). The van der Waals surface area contributed by atoms with Gasteiger partial charge in [-0.1, -0.05) is 11.6 Å². The van der Waals surface area contributed by atoms with Gasteiger partial charge < -0.3 is 16.4 Å². The number of carbonyl (C=O) groups is 2. The molecule has 4 N–H and O–H groups in total. The van der Waals surface area contributed by atoms with Gasteiger partial charge in [0.2, 0.25) is 11.8 Å². The molecule has 0 radical (unpaired) electrons. The van der Waals surface area contributed by atoms with E-state index < -0.39 is 0 Å². The predicted octanol–water partition coefficient (Wildman–Crippen LogP) is 0.683. The number of benzene rings is 1. The zero-order valence-electron chi connectivity index (χ0n) is 11.0. The van der Waals surface area contributed by atoms with Crippen LogP contribution in [0.3, 0.4) is 0 Å². The number of halogens is 1. The third-order valence-corrected chi connectivity index (χ3v) is 3.29. The van der Waals surface area contributed by atoms with E-state index in [1.54, 1.807) is 18.2 Å². The Hall–Kier alpha value is -1.79. The fraction of sp³-hybridized carbons (Fsp3) is 0.385. The molecule has 0 spiro atoms. The quantitative estimate of drug-likeness (QED) is 0.716. The van der Waals surface area contributed by atoms with Gasteiger partial charge in [-0.2, -0.15) is 0 Å². The lowest BCUT2D eigenvalue weighted by molar-refractivity contribution is -0.122. The van der Waals surface area contributed by atoms with E-state index in [0.29, 0.717) is 29.5 Å². The molecule has 0 aliphatic carbocycles. The van der Waals surface area contributed by atoms with Crippen molar-refractivity contribution in [1.82, 2.24) is 10.2 Å². The third kappa shape index (κ3) is 4.11. The molecule has 1 aliphatic rings. The van der Waals surface area contributed by atoms with E-state index in [1.165, 1.54) is 0 Å². The van der Waals surface area contributed by atoms with Crippen molar-refractivity contribution in [3.05, 3.63) is 23.2 Å². The van der Waals surface area contributed by atoms with E-state index in [2.05, 4.69) is 10.6 Å². The number of rotatable bonds is 3. The molecule has 0 saturated carbocycles. The number of hydrogen-bond donors (Lipinski definition) is 3. The lowest BCUT2D eigenvalue weighted by Crippen LogP contribution is -2.38. The van der Waals surface area contributed by atoms with Crippen molar-refractivity contribution in [2.75, 3.05) is 37.2 Å². The number of carbonyl (C=O) groups excluding carboxylic acids is 2. The summed E-state index contributed by atoms with van der Waals surface area (Å²) in [5.41, 5.74) is 6.65. The summed E-state index contributed by atoms with van der Waals surface area (Å²) in [6.45, 7) is 1.76. The van der Waals surface area contributed by atoms with Gasteiger partial charge >= 0.3 is 0 Å². The van der Waals surface area contributed by atoms with Crippen molar-refractivity contribution in [1.29, 1.82) is 0 Å². The number of nitrogen functional groups attached to an aromatic ring is 1. The number of anilines is 2. The number of hydrogen-bond acceptors (Lipinski definition) is 4. The van der Waals surface area contributed by atoms with Crippen LogP contribution in [-0.2, 0) is 9.59 Å². The molecule has 0 aromatic heterocycles. The first kappa shape index (κ1) is 14.6. The maximum absolute atomic E-state index is 12.0. The molecular formula is C13H17ClN4O2. The van der Waals surface area contributed by atoms with Crippen LogP contribution in [0.4, 0.5) is 11.4 Å². The van der Waals surface area contributed by atoms with Crippen LogP contribution in [0.2, 0.25) is 5.02 Å². The summed E-state index contributed by atoms with van der Waals surface area (Å²) >= 11 is 5.99. The van der Waals surface area contributed by atoms with Crippen LogP contribution in [0.15, 0.2) is 18.2 Å². The molecular weight excluding hydrogens is 280 g/mol. The highest BCUT2D eigenvalue weighted by Crippen LogP contribution is 2.23. The zero-order chi connectivity index (χ0) is 14.5. The Morgan fingerprint density at radius 1 is 1.50 bits per heavy atom. The van der Waals surface area contributed by atoms with Gasteiger partial charge in [0.15, 0.2) is 0 Å². The average molecular weight is 297 g/mol. The first-order chi connectivity index (χ1) is 9.54. The Balaban J connectivity index is 1.93. The van der Waals surface area contributed by atoms with Crippen molar-refractivity contribution >= 4 is 34.8 Å². The van der Waals surface area contributed by atoms with Gasteiger partial charge in [-0.05, 0) is 24.6 Å². The minimum Gasteiger partial charge on any atom is -0.399 e. The summed E-state index contributed by atoms with van der Waals surface area (Å²) in [7, 11) is 0. The highest BCUT2D eigenvalue weighted by Gasteiger charge is 2.17. The molecule has 0 bridgehead atoms. The maximum Gasteiger partial charge on any atom is 0.238 e. The van der Waals surface area contributed by atoms with E-state index in [9.17, 15) is 9.59 Å². The minimum atomic E-state index is -0.202. The summed E-state index contributed by atoms with van der Waals surface area (Å²) < 4.78 is 0. The SMILES string of the molecule is Nc1ccc(NC(=O)CN2CCCNC(=O)C2)c(Cl)c1. The van der Waals surface area contributed by atoms with Crippen LogP contribution < -0.4 is 16.4 Å². The Kier molecular flexibility index (Phi) is 4.81. The molecule has 108 valence electrons. The first-order valence-corrected chi connectivity index (χ1v) is 6.76. The summed E-state index contributed by atoms with van der Waals surface area (Å²) in [6.07, 6.45) is 0.835. The maximum atomic E-state index is 12.0. The van der Waals surface area contributed by atoms with Crippen LogP contribution in [-0.4, -0.2) is 42.9 Å². The smallest absolute Gasteiger partial charge is 0.238 e. The normalized spacial score (nSPS) is 16.4. The molecule has 7 heteroatoms. The van der Waals surface area contributed by atoms with E-state index >= 15 is 0 Å². The summed E-state index contributed by atoms with van der Waals surface area (Å²) in [4.78, 5) is 25.2.